The molecule has 2 aromatic carbocycles. The summed E-state index contributed by atoms with van der Waals surface area (Å²) < 4.78 is 63.5. The highest BCUT2D eigenvalue weighted by molar-refractivity contribution is 5.78. The monoisotopic (exact) mass is 458 g/mol. The first-order valence-electron chi connectivity index (χ1n) is 9.85. The van der Waals surface area contributed by atoms with Gasteiger partial charge >= 0.3 is 0 Å². The maximum atomic E-state index is 14.6. The Morgan fingerprint density at radius 3 is 2.18 bits per heavy atom. The molecule has 1 N–H and O–H groups in total. The SMILES string of the molecule is Cc1c(-c2nc(C(C)(C)O)oc2-c2ccc(F)cc2F)ccc(=O)n1-c1c(F)cccc1F. The molecule has 0 amide bonds. The molecule has 0 aliphatic carbocycles. The Bertz CT molecular complexity index is 1410. The number of oxazole rings is 1. The summed E-state index contributed by atoms with van der Waals surface area (Å²) >= 11 is 0. The lowest BCUT2D eigenvalue weighted by molar-refractivity contribution is 0.0490. The van der Waals surface area contributed by atoms with Gasteiger partial charge in [-0.3, -0.25) is 9.36 Å². The van der Waals surface area contributed by atoms with Crippen molar-refractivity contribution < 1.29 is 27.1 Å². The summed E-state index contributed by atoms with van der Waals surface area (Å²) in [6.45, 7) is 4.23. The first kappa shape index (κ1) is 22.5. The largest absolute Gasteiger partial charge is 0.437 e. The van der Waals surface area contributed by atoms with Gasteiger partial charge < -0.3 is 9.52 Å². The van der Waals surface area contributed by atoms with E-state index in [2.05, 4.69) is 4.98 Å². The van der Waals surface area contributed by atoms with Crippen molar-refractivity contribution in [1.29, 1.82) is 0 Å². The number of hydrogen-bond acceptors (Lipinski definition) is 4. The smallest absolute Gasteiger partial charge is 0.255 e. The van der Waals surface area contributed by atoms with Crippen molar-refractivity contribution in [2.24, 2.45) is 0 Å². The van der Waals surface area contributed by atoms with Gasteiger partial charge in [-0.1, -0.05) is 6.07 Å². The summed E-state index contributed by atoms with van der Waals surface area (Å²) in [4.78, 5) is 16.9. The number of benzene rings is 2. The van der Waals surface area contributed by atoms with E-state index in [9.17, 15) is 27.5 Å². The second-order valence-corrected chi connectivity index (χ2v) is 7.96. The van der Waals surface area contributed by atoms with E-state index in [0.29, 0.717) is 6.07 Å². The number of pyridine rings is 1. The minimum absolute atomic E-state index is 0.000584. The molecular formula is C24H18F4N2O3. The van der Waals surface area contributed by atoms with E-state index >= 15 is 0 Å². The minimum atomic E-state index is -1.57. The van der Waals surface area contributed by atoms with Crippen LogP contribution < -0.4 is 5.56 Å². The highest BCUT2D eigenvalue weighted by Gasteiger charge is 2.29. The minimum Gasteiger partial charge on any atom is -0.437 e. The summed E-state index contributed by atoms with van der Waals surface area (Å²) in [5.74, 6) is -3.99. The summed E-state index contributed by atoms with van der Waals surface area (Å²) in [6.07, 6.45) is 0. The fourth-order valence-electron chi connectivity index (χ4n) is 3.49. The third-order valence-corrected chi connectivity index (χ3v) is 5.08. The van der Waals surface area contributed by atoms with Crippen molar-refractivity contribution >= 4 is 0 Å². The van der Waals surface area contributed by atoms with Crippen LogP contribution in [-0.2, 0) is 5.60 Å². The Balaban J connectivity index is 2.04. The number of nitrogens with zero attached hydrogens (tertiary/aromatic N) is 2. The molecule has 0 bridgehead atoms. The third-order valence-electron chi connectivity index (χ3n) is 5.08. The zero-order valence-electron chi connectivity index (χ0n) is 17.8. The van der Waals surface area contributed by atoms with Crippen molar-refractivity contribution in [3.05, 3.63) is 93.7 Å². The molecule has 0 saturated heterocycles. The van der Waals surface area contributed by atoms with Crippen molar-refractivity contribution in [1.82, 2.24) is 9.55 Å². The van der Waals surface area contributed by atoms with E-state index in [1.54, 1.807) is 0 Å². The predicted octanol–water partition coefficient (Wildman–Crippen LogP) is 5.25. The Kier molecular flexibility index (Phi) is 5.45. The summed E-state index contributed by atoms with van der Waals surface area (Å²) in [6, 6.07) is 8.45. The number of hydrogen-bond donors (Lipinski definition) is 1. The lowest BCUT2D eigenvalue weighted by atomic mass is 10.0. The van der Waals surface area contributed by atoms with Crippen molar-refractivity contribution in [2.75, 3.05) is 0 Å². The fourth-order valence-corrected chi connectivity index (χ4v) is 3.49. The average molecular weight is 458 g/mol. The molecule has 0 unspecified atom stereocenters. The molecule has 4 rings (SSSR count). The Hall–Kier alpha value is -3.72. The molecule has 170 valence electrons. The van der Waals surface area contributed by atoms with Crippen molar-refractivity contribution in [2.45, 2.75) is 26.4 Å². The Labute approximate surface area is 185 Å². The van der Waals surface area contributed by atoms with Crippen LogP contribution in [-0.4, -0.2) is 14.7 Å². The van der Waals surface area contributed by atoms with Gasteiger partial charge in [0, 0.05) is 23.4 Å². The summed E-state index contributed by atoms with van der Waals surface area (Å²) in [7, 11) is 0. The Morgan fingerprint density at radius 2 is 1.58 bits per heavy atom. The average Bonchev–Trinajstić information content (AvgIpc) is 3.15. The molecular weight excluding hydrogens is 440 g/mol. The standard InChI is InChI=1S/C24H18F4N2O3/c1-12-14(9-10-19(31)30(12)21-16(26)5-4-6-17(21)27)20-22(33-23(29-20)24(2,3)32)15-8-7-13(25)11-18(15)28/h4-11,32H,1-3H3. The van der Waals surface area contributed by atoms with E-state index < -0.39 is 40.1 Å². The van der Waals surface area contributed by atoms with Gasteiger partial charge in [0.15, 0.2) is 5.76 Å². The van der Waals surface area contributed by atoms with Crippen LogP contribution in [0, 0.1) is 30.2 Å². The lowest BCUT2D eigenvalue weighted by Crippen LogP contribution is -2.22. The lowest BCUT2D eigenvalue weighted by Gasteiger charge is -2.15. The number of aliphatic hydroxyl groups is 1. The van der Waals surface area contributed by atoms with Gasteiger partial charge in [-0.15, -0.1) is 0 Å². The van der Waals surface area contributed by atoms with Gasteiger partial charge in [0.25, 0.3) is 5.56 Å². The van der Waals surface area contributed by atoms with Crippen LogP contribution in [0.15, 0.2) is 57.7 Å². The van der Waals surface area contributed by atoms with E-state index in [4.69, 9.17) is 4.42 Å². The van der Waals surface area contributed by atoms with Gasteiger partial charge in [0.1, 0.15) is 40.3 Å². The highest BCUT2D eigenvalue weighted by atomic mass is 19.1. The molecule has 4 aromatic rings. The first-order valence-corrected chi connectivity index (χ1v) is 9.85. The van der Waals surface area contributed by atoms with E-state index in [0.717, 1.165) is 34.9 Å². The molecule has 0 fully saturated rings. The van der Waals surface area contributed by atoms with Crippen LogP contribution >= 0.6 is 0 Å². The molecule has 0 spiro atoms. The maximum Gasteiger partial charge on any atom is 0.255 e. The molecule has 0 aliphatic heterocycles. The molecule has 0 aliphatic rings. The summed E-state index contributed by atoms with van der Waals surface area (Å²) in [5.41, 5.74) is -2.72. The zero-order valence-corrected chi connectivity index (χ0v) is 17.8. The van der Waals surface area contributed by atoms with Gasteiger partial charge in [-0.2, -0.15) is 0 Å². The summed E-state index contributed by atoms with van der Waals surface area (Å²) in [5, 5.41) is 10.4. The second-order valence-electron chi connectivity index (χ2n) is 7.96. The van der Waals surface area contributed by atoms with Gasteiger partial charge in [0.05, 0.1) is 5.56 Å². The van der Waals surface area contributed by atoms with Crippen LogP contribution in [0.25, 0.3) is 28.3 Å². The normalized spacial score (nSPS) is 11.8. The fraction of sp³-hybridized carbons (Fsp3) is 0.167. The molecule has 0 atom stereocenters. The number of halogens is 4. The van der Waals surface area contributed by atoms with Crippen molar-refractivity contribution in [3.63, 3.8) is 0 Å². The number of rotatable bonds is 4. The van der Waals surface area contributed by atoms with Crippen LogP contribution in [0.1, 0.15) is 25.4 Å². The molecule has 0 radical (unpaired) electrons. The Morgan fingerprint density at radius 1 is 0.939 bits per heavy atom. The predicted molar refractivity (Wildman–Crippen MR) is 113 cm³/mol. The van der Waals surface area contributed by atoms with E-state index in [1.807, 2.05) is 0 Å². The molecule has 2 heterocycles. The van der Waals surface area contributed by atoms with E-state index in [1.165, 1.54) is 32.9 Å². The molecule has 33 heavy (non-hydrogen) atoms. The zero-order chi connectivity index (χ0) is 24.1. The van der Waals surface area contributed by atoms with Gasteiger partial charge in [-0.25, -0.2) is 22.5 Å². The van der Waals surface area contributed by atoms with E-state index in [-0.39, 0.29) is 34.2 Å². The molecule has 5 nitrogen and oxygen atoms in total. The molecule has 2 aromatic heterocycles. The van der Waals surface area contributed by atoms with Crippen LogP contribution in [0.3, 0.4) is 0 Å². The van der Waals surface area contributed by atoms with Crippen LogP contribution in [0.4, 0.5) is 17.6 Å². The van der Waals surface area contributed by atoms with Gasteiger partial charge in [0.2, 0.25) is 5.89 Å². The topological polar surface area (TPSA) is 68.3 Å². The van der Waals surface area contributed by atoms with Gasteiger partial charge in [-0.05, 0) is 51.1 Å². The number of para-hydroxylation sites is 1. The maximum absolute atomic E-state index is 14.6. The second kappa shape index (κ2) is 8.00. The van der Waals surface area contributed by atoms with Crippen LogP contribution in [0.5, 0.6) is 0 Å². The number of aromatic nitrogens is 2. The molecule has 0 saturated carbocycles. The van der Waals surface area contributed by atoms with Crippen molar-refractivity contribution in [3.8, 4) is 28.3 Å². The highest BCUT2D eigenvalue weighted by Crippen LogP contribution is 2.38. The van der Waals surface area contributed by atoms with Crippen LogP contribution in [0.2, 0.25) is 0 Å². The third kappa shape index (κ3) is 3.95. The quantitative estimate of drug-likeness (QED) is 0.424. The molecule has 9 heteroatoms. The first-order chi connectivity index (χ1) is 15.5.